The van der Waals surface area contributed by atoms with Gasteiger partial charge in [0.15, 0.2) is 0 Å². The maximum Gasteiger partial charge on any atom is 0.00454 e. The van der Waals surface area contributed by atoms with Crippen LogP contribution in [0.15, 0.2) is 0 Å². The molecule has 0 radical (unpaired) electrons. The van der Waals surface area contributed by atoms with Gasteiger partial charge in [0.2, 0.25) is 0 Å². The van der Waals surface area contributed by atoms with Gasteiger partial charge in [0.1, 0.15) is 0 Å². The third kappa shape index (κ3) is 10.5. The van der Waals surface area contributed by atoms with E-state index in [1.54, 1.807) is 0 Å². The van der Waals surface area contributed by atoms with Crippen molar-refractivity contribution in [2.75, 3.05) is 11.5 Å². The molecule has 1 aliphatic heterocycles. The Kier molecular flexibility index (Phi) is 12.4. The van der Waals surface area contributed by atoms with Gasteiger partial charge in [-0.3, -0.25) is 0 Å². The Labute approximate surface area is 116 Å². The molecule has 0 spiro atoms. The maximum atomic E-state index is 2.05. The highest BCUT2D eigenvalue weighted by Crippen LogP contribution is 2.43. The summed E-state index contributed by atoms with van der Waals surface area (Å²) in [6.07, 6.45) is 14.6. The summed E-state index contributed by atoms with van der Waals surface area (Å²) in [6.45, 7) is 0. The number of rotatable bonds is 0. The molecule has 0 aromatic rings. The minimum absolute atomic E-state index is 1.35. The highest BCUT2D eigenvalue weighted by atomic mass is 33.7. The standard InChI is InChI=1S/C12H24S4/c1-2-4-6-8-10-12-14-16-15-13-11-9-7-5-3-1/h1-12H2. The second kappa shape index (κ2) is 12.8. The zero-order chi connectivity index (χ0) is 11.3. The first-order valence-corrected chi connectivity index (χ1v) is 11.7. The molecule has 0 nitrogen and oxygen atoms in total. The van der Waals surface area contributed by atoms with Gasteiger partial charge in [0.25, 0.3) is 0 Å². The fourth-order valence-corrected chi connectivity index (χ4v) is 8.11. The van der Waals surface area contributed by atoms with Gasteiger partial charge in [-0.25, -0.2) is 0 Å². The van der Waals surface area contributed by atoms with Crippen LogP contribution in [0.4, 0.5) is 0 Å². The van der Waals surface area contributed by atoms with Crippen LogP contribution >= 0.6 is 41.2 Å². The van der Waals surface area contributed by atoms with Gasteiger partial charge in [-0.2, -0.15) is 0 Å². The molecule has 0 amide bonds. The van der Waals surface area contributed by atoms with Gasteiger partial charge in [0, 0.05) is 11.5 Å². The van der Waals surface area contributed by atoms with Crippen molar-refractivity contribution in [1.82, 2.24) is 0 Å². The van der Waals surface area contributed by atoms with Crippen LogP contribution in [0.25, 0.3) is 0 Å². The average Bonchev–Trinajstić information content (AvgIpc) is 2.29. The van der Waals surface area contributed by atoms with Crippen molar-refractivity contribution in [2.24, 2.45) is 0 Å². The monoisotopic (exact) mass is 296 g/mol. The molecular weight excluding hydrogens is 272 g/mol. The first-order chi connectivity index (χ1) is 8.00. The van der Waals surface area contributed by atoms with E-state index in [0.717, 1.165) is 0 Å². The predicted molar refractivity (Wildman–Crippen MR) is 86.3 cm³/mol. The largest absolute Gasteiger partial charge is 0.0817 e. The van der Waals surface area contributed by atoms with Crippen molar-refractivity contribution in [3.63, 3.8) is 0 Å². The number of hydrogen-bond donors (Lipinski definition) is 0. The van der Waals surface area contributed by atoms with Crippen LogP contribution in [0.5, 0.6) is 0 Å². The molecule has 0 bridgehead atoms. The Morgan fingerprint density at radius 3 is 1.06 bits per heavy atom. The highest BCUT2D eigenvalue weighted by Gasteiger charge is 1.97. The minimum atomic E-state index is 1.35. The van der Waals surface area contributed by atoms with Crippen molar-refractivity contribution in [3.8, 4) is 0 Å². The van der Waals surface area contributed by atoms with Crippen LogP contribution in [0, 0.1) is 0 Å². The molecular formula is C12H24S4. The van der Waals surface area contributed by atoms with Gasteiger partial charge in [-0.1, -0.05) is 73.0 Å². The van der Waals surface area contributed by atoms with Crippen molar-refractivity contribution in [3.05, 3.63) is 0 Å². The second-order valence-corrected chi connectivity index (χ2v) is 10.6. The fraction of sp³-hybridized carbons (Fsp3) is 1.00. The molecule has 16 heavy (non-hydrogen) atoms. The molecule has 1 heterocycles. The molecule has 1 rings (SSSR count). The minimum Gasteiger partial charge on any atom is -0.0817 e. The summed E-state index contributed by atoms with van der Waals surface area (Å²) >= 11 is 0. The highest BCUT2D eigenvalue weighted by molar-refractivity contribution is 9.26. The fourth-order valence-electron chi connectivity index (χ4n) is 1.84. The molecule has 1 aliphatic rings. The zero-order valence-corrected chi connectivity index (χ0v) is 13.4. The van der Waals surface area contributed by atoms with Crippen molar-refractivity contribution >= 4 is 41.2 Å². The summed E-state index contributed by atoms with van der Waals surface area (Å²) in [6, 6.07) is 0. The summed E-state index contributed by atoms with van der Waals surface area (Å²) in [5.41, 5.74) is 0. The normalized spacial score (nSPS) is 24.0. The molecule has 1 saturated heterocycles. The quantitative estimate of drug-likeness (QED) is 0.463. The molecule has 1 fully saturated rings. The molecule has 0 aliphatic carbocycles. The van der Waals surface area contributed by atoms with Gasteiger partial charge < -0.3 is 0 Å². The Morgan fingerprint density at radius 2 is 0.688 bits per heavy atom. The van der Waals surface area contributed by atoms with Crippen molar-refractivity contribution in [2.45, 2.75) is 64.2 Å². The lowest BCUT2D eigenvalue weighted by Crippen LogP contribution is -1.84. The van der Waals surface area contributed by atoms with Gasteiger partial charge in [-0.05, 0) is 32.5 Å². The molecule has 0 saturated carbocycles. The van der Waals surface area contributed by atoms with Crippen LogP contribution in [-0.4, -0.2) is 11.5 Å². The van der Waals surface area contributed by atoms with E-state index in [9.17, 15) is 0 Å². The van der Waals surface area contributed by atoms with E-state index in [2.05, 4.69) is 0 Å². The van der Waals surface area contributed by atoms with E-state index in [4.69, 9.17) is 0 Å². The smallest absolute Gasteiger partial charge is 0.00454 e. The molecule has 96 valence electrons. The second-order valence-electron chi connectivity index (χ2n) is 4.32. The van der Waals surface area contributed by atoms with Gasteiger partial charge in [-0.15, -0.1) is 0 Å². The van der Waals surface area contributed by atoms with Crippen LogP contribution < -0.4 is 0 Å². The predicted octanol–water partition coefficient (Wildman–Crippen LogP) is 6.58. The molecule has 0 atom stereocenters. The summed E-state index contributed by atoms with van der Waals surface area (Å²) in [4.78, 5) is 0. The Balaban J connectivity index is 2.00. The first kappa shape index (κ1) is 15.5. The van der Waals surface area contributed by atoms with Crippen molar-refractivity contribution in [1.29, 1.82) is 0 Å². The van der Waals surface area contributed by atoms with E-state index in [1.165, 1.54) is 75.7 Å². The first-order valence-electron chi connectivity index (χ1n) is 6.58. The van der Waals surface area contributed by atoms with E-state index >= 15 is 0 Å². The lowest BCUT2D eigenvalue weighted by molar-refractivity contribution is 0.564. The Bertz CT molecular complexity index is 77.0. The van der Waals surface area contributed by atoms with E-state index in [-0.39, 0.29) is 0 Å². The average molecular weight is 297 g/mol. The summed E-state index contributed by atoms with van der Waals surface area (Å²) in [5.74, 6) is 2.69. The summed E-state index contributed by atoms with van der Waals surface area (Å²) < 4.78 is 0. The Hall–Kier alpha value is 1.40. The van der Waals surface area contributed by atoms with E-state index in [0.29, 0.717) is 0 Å². The van der Waals surface area contributed by atoms with E-state index in [1.807, 2.05) is 41.2 Å². The van der Waals surface area contributed by atoms with E-state index < -0.39 is 0 Å². The molecule has 0 aromatic carbocycles. The molecule has 4 heteroatoms. The molecule has 0 unspecified atom stereocenters. The summed E-state index contributed by atoms with van der Waals surface area (Å²) in [5, 5.41) is 0. The zero-order valence-electron chi connectivity index (χ0n) is 10.1. The van der Waals surface area contributed by atoms with Crippen LogP contribution in [0.1, 0.15) is 64.2 Å². The molecule has 0 N–H and O–H groups in total. The van der Waals surface area contributed by atoms with Crippen LogP contribution in [0.2, 0.25) is 0 Å². The van der Waals surface area contributed by atoms with Gasteiger partial charge >= 0.3 is 0 Å². The topological polar surface area (TPSA) is 0 Å². The lowest BCUT2D eigenvalue weighted by Gasteiger charge is -2.04. The third-order valence-electron chi connectivity index (χ3n) is 2.83. The number of hydrogen-bond acceptors (Lipinski definition) is 4. The van der Waals surface area contributed by atoms with Gasteiger partial charge in [0.05, 0.1) is 0 Å². The lowest BCUT2D eigenvalue weighted by atomic mass is 10.1. The third-order valence-corrected chi connectivity index (χ3v) is 9.46. The summed E-state index contributed by atoms with van der Waals surface area (Å²) in [7, 11) is 8.07. The maximum absolute atomic E-state index is 2.05. The van der Waals surface area contributed by atoms with Crippen LogP contribution in [-0.2, 0) is 0 Å². The molecule has 0 aromatic heterocycles. The van der Waals surface area contributed by atoms with Crippen molar-refractivity contribution < 1.29 is 0 Å². The SMILES string of the molecule is C1CCCCCCSSSSCCCCC1. The Morgan fingerprint density at radius 1 is 0.375 bits per heavy atom. The van der Waals surface area contributed by atoms with Crippen LogP contribution in [0.3, 0.4) is 0 Å².